The van der Waals surface area contributed by atoms with Crippen molar-refractivity contribution in [2.24, 2.45) is 5.73 Å². The molecule has 104 valence electrons. The van der Waals surface area contributed by atoms with Crippen LogP contribution in [0.1, 0.15) is 18.1 Å². The highest BCUT2D eigenvalue weighted by molar-refractivity contribution is 6.31. The Bertz CT molecular complexity index is 624. The molecule has 20 heavy (non-hydrogen) atoms. The van der Waals surface area contributed by atoms with Crippen LogP contribution in [0.5, 0.6) is 0 Å². The number of carbonyl (C=O) groups is 1. The van der Waals surface area contributed by atoms with Gasteiger partial charge in [0, 0.05) is 10.7 Å². The van der Waals surface area contributed by atoms with E-state index < -0.39 is 5.54 Å². The third-order valence-electron chi connectivity index (χ3n) is 3.29. The van der Waals surface area contributed by atoms with Crippen LogP contribution in [0.15, 0.2) is 48.5 Å². The molecule has 1 amide bonds. The van der Waals surface area contributed by atoms with Crippen LogP contribution in [0.4, 0.5) is 5.69 Å². The lowest BCUT2D eigenvalue weighted by atomic mass is 9.92. The molecule has 0 aromatic heterocycles. The van der Waals surface area contributed by atoms with Gasteiger partial charge >= 0.3 is 0 Å². The molecule has 0 spiro atoms. The second-order valence-electron chi connectivity index (χ2n) is 4.98. The van der Waals surface area contributed by atoms with Gasteiger partial charge in [-0.05, 0) is 37.1 Å². The Kier molecular flexibility index (Phi) is 4.12. The Hall–Kier alpha value is -1.84. The van der Waals surface area contributed by atoms with E-state index in [4.69, 9.17) is 17.3 Å². The maximum Gasteiger partial charge on any atom is 0.248 e. The highest BCUT2D eigenvalue weighted by Crippen LogP contribution is 2.24. The molecule has 0 aliphatic carbocycles. The molecule has 0 saturated heterocycles. The van der Waals surface area contributed by atoms with Crippen LogP contribution >= 0.6 is 11.6 Å². The van der Waals surface area contributed by atoms with Crippen molar-refractivity contribution in [3.63, 3.8) is 0 Å². The first-order valence-corrected chi connectivity index (χ1v) is 6.71. The van der Waals surface area contributed by atoms with Crippen molar-refractivity contribution in [2.75, 3.05) is 5.32 Å². The third-order valence-corrected chi connectivity index (χ3v) is 3.53. The zero-order chi connectivity index (χ0) is 14.8. The largest absolute Gasteiger partial charge is 0.324 e. The highest BCUT2D eigenvalue weighted by atomic mass is 35.5. The second-order valence-corrected chi connectivity index (χ2v) is 5.42. The minimum atomic E-state index is -1.10. The number of carbonyl (C=O) groups excluding carboxylic acids is 1. The van der Waals surface area contributed by atoms with Crippen molar-refractivity contribution in [2.45, 2.75) is 19.4 Å². The van der Waals surface area contributed by atoms with Crippen LogP contribution in [-0.2, 0) is 10.3 Å². The first kappa shape index (κ1) is 14.6. The zero-order valence-corrected chi connectivity index (χ0v) is 12.2. The molecule has 0 heterocycles. The lowest BCUT2D eigenvalue weighted by Gasteiger charge is -2.24. The second kappa shape index (κ2) is 5.65. The summed E-state index contributed by atoms with van der Waals surface area (Å²) >= 11 is 5.95. The van der Waals surface area contributed by atoms with Gasteiger partial charge in [0.2, 0.25) is 5.91 Å². The Morgan fingerprint density at radius 2 is 1.85 bits per heavy atom. The van der Waals surface area contributed by atoms with E-state index in [0.29, 0.717) is 10.7 Å². The maximum absolute atomic E-state index is 12.4. The first-order valence-electron chi connectivity index (χ1n) is 6.33. The molecule has 0 saturated carbocycles. The Morgan fingerprint density at radius 1 is 1.20 bits per heavy atom. The summed E-state index contributed by atoms with van der Waals surface area (Å²) in [5.74, 6) is -0.269. The van der Waals surface area contributed by atoms with E-state index >= 15 is 0 Å². The number of hydrogen-bond donors (Lipinski definition) is 2. The number of nitrogens with one attached hydrogen (secondary N) is 1. The van der Waals surface area contributed by atoms with Crippen LogP contribution in [0.25, 0.3) is 0 Å². The van der Waals surface area contributed by atoms with E-state index in [1.54, 1.807) is 19.1 Å². The van der Waals surface area contributed by atoms with Crippen LogP contribution in [0.3, 0.4) is 0 Å². The van der Waals surface area contributed by atoms with E-state index in [0.717, 1.165) is 11.1 Å². The summed E-state index contributed by atoms with van der Waals surface area (Å²) in [7, 11) is 0. The lowest BCUT2D eigenvalue weighted by molar-refractivity contribution is -0.120. The fraction of sp³-hybridized carbons (Fsp3) is 0.188. The number of anilines is 1. The maximum atomic E-state index is 12.4. The van der Waals surface area contributed by atoms with Crippen molar-refractivity contribution in [1.29, 1.82) is 0 Å². The molecule has 2 aromatic rings. The smallest absolute Gasteiger partial charge is 0.248 e. The molecular formula is C16H17ClN2O. The van der Waals surface area contributed by atoms with Crippen molar-refractivity contribution in [3.8, 4) is 0 Å². The van der Waals surface area contributed by atoms with E-state index in [-0.39, 0.29) is 5.91 Å². The SMILES string of the molecule is Cc1ccc(Cl)cc1NC(=O)C(C)(N)c1ccccc1. The molecule has 2 aromatic carbocycles. The molecule has 0 fully saturated rings. The van der Waals surface area contributed by atoms with Crippen LogP contribution in [0.2, 0.25) is 5.02 Å². The number of halogens is 1. The van der Waals surface area contributed by atoms with Gasteiger partial charge in [0.15, 0.2) is 0 Å². The van der Waals surface area contributed by atoms with Crippen LogP contribution < -0.4 is 11.1 Å². The number of hydrogen-bond acceptors (Lipinski definition) is 2. The van der Waals surface area contributed by atoms with Gasteiger partial charge in [0.25, 0.3) is 0 Å². The Morgan fingerprint density at radius 3 is 2.50 bits per heavy atom. The summed E-state index contributed by atoms with van der Waals surface area (Å²) in [6.07, 6.45) is 0. The molecule has 3 nitrogen and oxygen atoms in total. The summed E-state index contributed by atoms with van der Waals surface area (Å²) in [6, 6.07) is 14.6. The third kappa shape index (κ3) is 3.00. The summed E-state index contributed by atoms with van der Waals surface area (Å²) in [5, 5.41) is 3.41. The van der Waals surface area contributed by atoms with Crippen molar-refractivity contribution in [1.82, 2.24) is 0 Å². The topological polar surface area (TPSA) is 55.1 Å². The molecule has 0 aliphatic rings. The van der Waals surface area contributed by atoms with E-state index in [2.05, 4.69) is 5.32 Å². The molecule has 3 N–H and O–H groups in total. The Labute approximate surface area is 123 Å². The fourth-order valence-corrected chi connectivity index (χ4v) is 2.07. The molecule has 1 unspecified atom stereocenters. The zero-order valence-electron chi connectivity index (χ0n) is 11.5. The Balaban J connectivity index is 2.26. The van der Waals surface area contributed by atoms with Gasteiger partial charge in [-0.3, -0.25) is 4.79 Å². The van der Waals surface area contributed by atoms with Crippen LogP contribution in [-0.4, -0.2) is 5.91 Å². The lowest BCUT2D eigenvalue weighted by Crippen LogP contribution is -2.45. The van der Waals surface area contributed by atoms with Crippen molar-refractivity contribution < 1.29 is 4.79 Å². The van der Waals surface area contributed by atoms with E-state index in [1.165, 1.54) is 0 Å². The minimum absolute atomic E-state index is 0.269. The minimum Gasteiger partial charge on any atom is -0.324 e. The normalized spacial score (nSPS) is 13.6. The molecule has 0 aliphatic heterocycles. The summed E-state index contributed by atoms with van der Waals surface area (Å²) in [4.78, 5) is 12.4. The van der Waals surface area contributed by atoms with E-state index in [9.17, 15) is 4.79 Å². The number of benzene rings is 2. The summed E-state index contributed by atoms with van der Waals surface area (Å²) in [6.45, 7) is 3.60. The van der Waals surface area contributed by atoms with Crippen molar-refractivity contribution >= 4 is 23.2 Å². The van der Waals surface area contributed by atoms with Gasteiger partial charge in [0.1, 0.15) is 5.54 Å². The summed E-state index contributed by atoms with van der Waals surface area (Å²) < 4.78 is 0. The monoisotopic (exact) mass is 288 g/mol. The number of aryl methyl sites for hydroxylation is 1. The molecular weight excluding hydrogens is 272 g/mol. The molecule has 4 heteroatoms. The van der Waals surface area contributed by atoms with Crippen LogP contribution in [0, 0.1) is 6.92 Å². The quantitative estimate of drug-likeness (QED) is 0.909. The van der Waals surface area contributed by atoms with Gasteiger partial charge in [-0.25, -0.2) is 0 Å². The number of amides is 1. The standard InChI is InChI=1S/C16H17ClN2O/c1-11-8-9-13(17)10-14(11)19-15(20)16(2,18)12-6-4-3-5-7-12/h3-10H,18H2,1-2H3,(H,19,20). The van der Waals surface area contributed by atoms with Gasteiger partial charge in [-0.1, -0.05) is 48.0 Å². The highest BCUT2D eigenvalue weighted by Gasteiger charge is 2.30. The van der Waals surface area contributed by atoms with Gasteiger partial charge in [0.05, 0.1) is 0 Å². The van der Waals surface area contributed by atoms with E-state index in [1.807, 2.05) is 43.3 Å². The first-order chi connectivity index (χ1) is 9.41. The number of rotatable bonds is 3. The predicted octanol–water partition coefficient (Wildman–Crippen LogP) is 3.46. The number of nitrogens with two attached hydrogens (primary N) is 1. The molecule has 2 rings (SSSR count). The van der Waals surface area contributed by atoms with Gasteiger partial charge < -0.3 is 11.1 Å². The average molecular weight is 289 g/mol. The fourth-order valence-electron chi connectivity index (χ4n) is 1.90. The molecule has 0 bridgehead atoms. The average Bonchev–Trinajstić information content (AvgIpc) is 2.43. The van der Waals surface area contributed by atoms with Gasteiger partial charge in [-0.2, -0.15) is 0 Å². The van der Waals surface area contributed by atoms with Gasteiger partial charge in [-0.15, -0.1) is 0 Å². The molecule has 1 atom stereocenters. The summed E-state index contributed by atoms with van der Waals surface area (Å²) in [5.41, 5.74) is 7.45. The van der Waals surface area contributed by atoms with Crippen molar-refractivity contribution in [3.05, 3.63) is 64.7 Å². The predicted molar refractivity (Wildman–Crippen MR) is 82.8 cm³/mol. The molecule has 0 radical (unpaired) electrons.